The molecule has 34 heavy (non-hydrogen) atoms. The summed E-state index contributed by atoms with van der Waals surface area (Å²) >= 11 is 0. The molecule has 2 heterocycles. The molecular formula is C26H39NO7. The summed E-state index contributed by atoms with van der Waals surface area (Å²) in [4.78, 5) is 35.3. The molecule has 2 aliphatic rings. The van der Waals surface area contributed by atoms with Crippen molar-refractivity contribution < 1.29 is 34.4 Å². The highest BCUT2D eigenvalue weighted by molar-refractivity contribution is 5.93. The Morgan fingerprint density at radius 1 is 1.26 bits per heavy atom. The highest BCUT2D eigenvalue weighted by atomic mass is 16.7. The Labute approximate surface area is 202 Å². The summed E-state index contributed by atoms with van der Waals surface area (Å²) in [6, 6.07) is 0. The van der Waals surface area contributed by atoms with E-state index in [4.69, 9.17) is 9.84 Å². The predicted molar refractivity (Wildman–Crippen MR) is 128 cm³/mol. The second kappa shape index (κ2) is 12.9. The summed E-state index contributed by atoms with van der Waals surface area (Å²) in [6.07, 6.45) is 11.6. The molecule has 0 aliphatic carbocycles. The zero-order valence-corrected chi connectivity index (χ0v) is 20.6. The van der Waals surface area contributed by atoms with Crippen LogP contribution in [-0.2, 0) is 19.1 Å². The second-order valence-electron chi connectivity index (χ2n) is 9.83. The molecule has 3 N–H and O–H groups in total. The molecule has 0 spiro atoms. The van der Waals surface area contributed by atoms with Gasteiger partial charge >= 0.3 is 11.9 Å². The monoisotopic (exact) mass is 477 g/mol. The van der Waals surface area contributed by atoms with Crippen LogP contribution in [-0.4, -0.2) is 63.0 Å². The Hall–Kier alpha value is -2.45. The van der Waals surface area contributed by atoms with Crippen LogP contribution in [0.5, 0.6) is 0 Å². The zero-order chi connectivity index (χ0) is 25.3. The molecule has 0 bridgehead atoms. The normalized spacial score (nSPS) is 22.5. The predicted octanol–water partition coefficient (Wildman–Crippen LogP) is 3.49. The standard InChI is InChI=1S/C26H39NO7/c1-18(7-4-9-19(2)14-26(33)15-20(3)25(32)34-26)8-5-11-22(28)12-6-10-21-13-23(29)27(16-21)17-24(30)31/h8,13,15,19,22,28,33H,4-7,9-12,14,16-17H2,1-3H3,(H,30,31)/b18-8+/t19-,22?,26?/m1/s1. The maximum atomic E-state index is 11.7. The van der Waals surface area contributed by atoms with Gasteiger partial charge in [0.15, 0.2) is 0 Å². The highest BCUT2D eigenvalue weighted by Gasteiger charge is 2.37. The van der Waals surface area contributed by atoms with Crippen molar-refractivity contribution >= 4 is 17.8 Å². The molecular weight excluding hydrogens is 438 g/mol. The van der Waals surface area contributed by atoms with Gasteiger partial charge in [-0.1, -0.05) is 25.0 Å². The zero-order valence-electron chi connectivity index (χ0n) is 20.6. The maximum Gasteiger partial charge on any atom is 0.336 e. The van der Waals surface area contributed by atoms with Crippen LogP contribution >= 0.6 is 0 Å². The molecule has 0 saturated carbocycles. The quantitative estimate of drug-likeness (QED) is 0.244. The molecule has 2 aliphatic heterocycles. The van der Waals surface area contributed by atoms with Gasteiger partial charge in [-0.05, 0) is 76.4 Å². The number of carboxylic acid groups (broad SMARTS) is 1. The first-order chi connectivity index (χ1) is 16.0. The number of aliphatic carboxylic acids is 1. The summed E-state index contributed by atoms with van der Waals surface area (Å²) < 4.78 is 5.06. The molecule has 8 heteroatoms. The number of esters is 1. The van der Waals surface area contributed by atoms with Gasteiger partial charge in [-0.25, -0.2) is 4.79 Å². The van der Waals surface area contributed by atoms with Crippen molar-refractivity contribution in [1.82, 2.24) is 4.90 Å². The third-order valence-corrected chi connectivity index (χ3v) is 6.33. The number of amides is 1. The molecule has 0 aromatic rings. The van der Waals surface area contributed by atoms with Gasteiger partial charge in [-0.15, -0.1) is 0 Å². The van der Waals surface area contributed by atoms with Gasteiger partial charge in [-0.2, -0.15) is 0 Å². The Morgan fingerprint density at radius 2 is 2.00 bits per heavy atom. The smallest absolute Gasteiger partial charge is 0.336 e. The van der Waals surface area contributed by atoms with Gasteiger partial charge in [0, 0.05) is 24.6 Å². The van der Waals surface area contributed by atoms with Gasteiger partial charge in [0.2, 0.25) is 11.7 Å². The molecule has 2 unspecified atom stereocenters. The fourth-order valence-electron chi connectivity index (χ4n) is 4.52. The number of ether oxygens (including phenoxy) is 1. The van der Waals surface area contributed by atoms with Crippen LogP contribution in [0.3, 0.4) is 0 Å². The van der Waals surface area contributed by atoms with Crippen LogP contribution in [0.15, 0.2) is 34.9 Å². The van der Waals surface area contributed by atoms with E-state index in [0.717, 1.165) is 37.7 Å². The van der Waals surface area contributed by atoms with Crippen molar-refractivity contribution in [2.24, 2.45) is 5.92 Å². The average Bonchev–Trinajstić information content (AvgIpc) is 3.18. The van der Waals surface area contributed by atoms with Crippen molar-refractivity contribution in [2.45, 2.75) is 90.4 Å². The lowest BCUT2D eigenvalue weighted by molar-refractivity contribution is -0.183. The van der Waals surface area contributed by atoms with E-state index < -0.39 is 23.8 Å². The van der Waals surface area contributed by atoms with E-state index in [-0.39, 0.29) is 18.4 Å². The second-order valence-corrected chi connectivity index (χ2v) is 9.83. The number of allylic oxidation sites excluding steroid dienone is 2. The summed E-state index contributed by atoms with van der Waals surface area (Å²) in [6.45, 7) is 5.86. The van der Waals surface area contributed by atoms with Crippen LogP contribution in [0, 0.1) is 5.92 Å². The Balaban J connectivity index is 1.56. The number of aliphatic hydroxyl groups is 2. The first kappa shape index (κ1) is 27.8. The molecule has 0 aromatic carbocycles. The fraction of sp³-hybridized carbons (Fsp3) is 0.654. The number of carbonyl (C=O) groups is 3. The minimum Gasteiger partial charge on any atom is -0.480 e. The molecule has 3 atom stereocenters. The number of nitrogens with zero attached hydrogens (tertiary/aromatic N) is 1. The molecule has 0 radical (unpaired) electrons. The van der Waals surface area contributed by atoms with E-state index in [9.17, 15) is 24.6 Å². The molecule has 0 aromatic heterocycles. The van der Waals surface area contributed by atoms with Crippen molar-refractivity contribution in [3.8, 4) is 0 Å². The summed E-state index contributed by atoms with van der Waals surface area (Å²) in [7, 11) is 0. The molecule has 190 valence electrons. The number of hydrogen-bond donors (Lipinski definition) is 3. The first-order valence-electron chi connectivity index (χ1n) is 12.2. The summed E-state index contributed by atoms with van der Waals surface area (Å²) in [5.41, 5.74) is 2.64. The molecule has 0 fully saturated rings. The van der Waals surface area contributed by atoms with E-state index in [0.29, 0.717) is 37.8 Å². The van der Waals surface area contributed by atoms with Gasteiger partial charge in [0.25, 0.3) is 0 Å². The van der Waals surface area contributed by atoms with E-state index in [1.165, 1.54) is 22.6 Å². The van der Waals surface area contributed by atoms with Gasteiger partial charge in [0.1, 0.15) is 6.54 Å². The largest absolute Gasteiger partial charge is 0.480 e. The molecule has 0 saturated heterocycles. The minimum absolute atomic E-state index is 0.219. The number of carboxylic acids is 1. The Morgan fingerprint density at radius 3 is 2.65 bits per heavy atom. The SMILES string of the molecule is CC1=CC(O)(C[C@H](C)CCC/C(C)=C/CCC(O)CCCC2=CC(=O)N(CC(=O)O)C2)OC1=O. The third kappa shape index (κ3) is 9.43. The van der Waals surface area contributed by atoms with E-state index >= 15 is 0 Å². The Kier molecular flexibility index (Phi) is 10.5. The van der Waals surface area contributed by atoms with Gasteiger partial charge in [0.05, 0.1) is 6.10 Å². The van der Waals surface area contributed by atoms with Crippen LogP contribution < -0.4 is 0 Å². The highest BCUT2D eigenvalue weighted by Crippen LogP contribution is 2.30. The number of aliphatic hydroxyl groups excluding tert-OH is 1. The van der Waals surface area contributed by atoms with Crippen molar-refractivity contribution in [1.29, 1.82) is 0 Å². The minimum atomic E-state index is -1.47. The lowest BCUT2D eigenvalue weighted by Gasteiger charge is -2.23. The molecule has 2 rings (SSSR count). The van der Waals surface area contributed by atoms with E-state index in [1.807, 2.05) is 6.92 Å². The van der Waals surface area contributed by atoms with Crippen molar-refractivity contribution in [3.05, 3.63) is 34.9 Å². The lowest BCUT2D eigenvalue weighted by atomic mass is 9.94. The fourth-order valence-corrected chi connectivity index (χ4v) is 4.52. The molecule has 1 amide bonds. The Bertz CT molecular complexity index is 844. The lowest BCUT2D eigenvalue weighted by Crippen LogP contribution is -2.31. The number of hydrogen-bond acceptors (Lipinski definition) is 6. The van der Waals surface area contributed by atoms with E-state index in [2.05, 4.69) is 13.0 Å². The summed E-state index contributed by atoms with van der Waals surface area (Å²) in [5, 5.41) is 29.4. The third-order valence-electron chi connectivity index (χ3n) is 6.33. The topological polar surface area (TPSA) is 124 Å². The number of carbonyl (C=O) groups excluding carboxylic acids is 2. The van der Waals surface area contributed by atoms with Gasteiger partial charge in [-0.3, -0.25) is 9.59 Å². The molecule has 8 nitrogen and oxygen atoms in total. The summed E-state index contributed by atoms with van der Waals surface area (Å²) in [5.74, 6) is -2.97. The maximum absolute atomic E-state index is 11.7. The number of cyclic esters (lactones) is 1. The van der Waals surface area contributed by atoms with E-state index in [1.54, 1.807) is 6.92 Å². The van der Waals surface area contributed by atoms with Crippen molar-refractivity contribution in [3.63, 3.8) is 0 Å². The van der Waals surface area contributed by atoms with Crippen LogP contribution in [0.2, 0.25) is 0 Å². The van der Waals surface area contributed by atoms with Crippen LogP contribution in [0.4, 0.5) is 0 Å². The van der Waals surface area contributed by atoms with Crippen LogP contribution in [0.25, 0.3) is 0 Å². The average molecular weight is 478 g/mol. The van der Waals surface area contributed by atoms with Gasteiger partial charge < -0.3 is 25.0 Å². The van der Waals surface area contributed by atoms with Crippen LogP contribution in [0.1, 0.15) is 78.6 Å². The number of rotatable bonds is 15. The van der Waals surface area contributed by atoms with Crippen molar-refractivity contribution in [2.75, 3.05) is 13.1 Å². The first-order valence-corrected chi connectivity index (χ1v) is 12.2.